The molecule has 0 aromatic carbocycles. The lowest BCUT2D eigenvalue weighted by atomic mass is 9.59. The standard InChI is InChI=1S/C16H26O3/c1-10-9-14-16(6,19-14)13(15(10,4)5)8-7-11(2)18-12(3)17/h7-8,10-11,13-14H,9H2,1-6H3/t10-,11+,13+,14-,16+/m0/s1. The second kappa shape index (κ2) is 4.62. The van der Waals surface area contributed by atoms with Crippen molar-refractivity contribution in [3.63, 3.8) is 0 Å². The SMILES string of the molecule is CC(=O)O[C@H](C)C=C[C@@H]1C(C)(C)[C@@H](C)C[C@@H]2O[C@@]21C. The van der Waals surface area contributed by atoms with Gasteiger partial charge < -0.3 is 9.47 Å². The Kier molecular flexibility index (Phi) is 3.54. The second-order valence-electron chi connectivity index (χ2n) is 6.93. The van der Waals surface area contributed by atoms with Crippen molar-refractivity contribution in [2.24, 2.45) is 17.3 Å². The van der Waals surface area contributed by atoms with Crippen LogP contribution in [0.25, 0.3) is 0 Å². The molecule has 2 rings (SSSR count). The van der Waals surface area contributed by atoms with E-state index < -0.39 is 0 Å². The summed E-state index contributed by atoms with van der Waals surface area (Å²) in [6.45, 7) is 12.5. The molecule has 1 aliphatic carbocycles. The zero-order valence-electron chi connectivity index (χ0n) is 12.9. The van der Waals surface area contributed by atoms with Crippen LogP contribution < -0.4 is 0 Å². The van der Waals surface area contributed by atoms with Gasteiger partial charge in [0.25, 0.3) is 0 Å². The van der Waals surface area contributed by atoms with Crippen LogP contribution in [0.1, 0.15) is 48.0 Å². The van der Waals surface area contributed by atoms with Crippen molar-refractivity contribution in [1.29, 1.82) is 0 Å². The van der Waals surface area contributed by atoms with E-state index in [9.17, 15) is 4.79 Å². The van der Waals surface area contributed by atoms with Crippen LogP contribution in [0.3, 0.4) is 0 Å². The fourth-order valence-electron chi connectivity index (χ4n) is 3.51. The third-order valence-electron chi connectivity index (χ3n) is 5.16. The molecule has 0 radical (unpaired) electrons. The lowest BCUT2D eigenvalue weighted by Gasteiger charge is -2.43. The molecule has 0 amide bonds. The summed E-state index contributed by atoms with van der Waals surface area (Å²) in [5.41, 5.74) is 0.177. The van der Waals surface area contributed by atoms with E-state index >= 15 is 0 Å². The summed E-state index contributed by atoms with van der Waals surface area (Å²) in [6.07, 6.45) is 5.56. The highest BCUT2D eigenvalue weighted by molar-refractivity contribution is 5.66. The molecule has 3 heteroatoms. The molecule has 3 nitrogen and oxygen atoms in total. The Balaban J connectivity index is 2.12. The molecule has 2 aliphatic rings. The van der Waals surface area contributed by atoms with Crippen molar-refractivity contribution in [1.82, 2.24) is 0 Å². The number of epoxide rings is 1. The molecule has 108 valence electrons. The Labute approximate surface area is 116 Å². The van der Waals surface area contributed by atoms with Crippen molar-refractivity contribution < 1.29 is 14.3 Å². The molecule has 0 spiro atoms. The number of rotatable bonds is 3. The lowest BCUT2D eigenvalue weighted by molar-refractivity contribution is -0.143. The normalized spacial score (nSPS) is 41.7. The highest BCUT2D eigenvalue weighted by Crippen LogP contribution is 2.60. The number of carbonyl (C=O) groups excluding carboxylic acids is 1. The highest BCUT2D eigenvalue weighted by Gasteiger charge is 2.65. The third-order valence-corrected chi connectivity index (χ3v) is 5.16. The van der Waals surface area contributed by atoms with Crippen LogP contribution >= 0.6 is 0 Å². The van der Waals surface area contributed by atoms with Gasteiger partial charge in [0.15, 0.2) is 0 Å². The first-order chi connectivity index (χ1) is 8.68. The van der Waals surface area contributed by atoms with Crippen molar-refractivity contribution in [2.75, 3.05) is 0 Å². The van der Waals surface area contributed by atoms with Crippen LogP contribution in [0.5, 0.6) is 0 Å². The van der Waals surface area contributed by atoms with E-state index in [1.807, 2.05) is 13.0 Å². The molecule has 5 atom stereocenters. The van der Waals surface area contributed by atoms with Gasteiger partial charge in [0.05, 0.1) is 11.7 Å². The molecule has 2 fully saturated rings. The molecule has 1 saturated heterocycles. The van der Waals surface area contributed by atoms with Crippen LogP contribution in [-0.4, -0.2) is 23.8 Å². The van der Waals surface area contributed by atoms with Crippen molar-refractivity contribution in [3.05, 3.63) is 12.2 Å². The van der Waals surface area contributed by atoms with Crippen LogP contribution in [-0.2, 0) is 14.3 Å². The summed E-state index contributed by atoms with van der Waals surface area (Å²) < 4.78 is 11.1. The first-order valence-corrected chi connectivity index (χ1v) is 7.21. The van der Waals surface area contributed by atoms with Crippen molar-refractivity contribution in [3.8, 4) is 0 Å². The second-order valence-corrected chi connectivity index (χ2v) is 6.93. The summed E-state index contributed by atoms with van der Waals surface area (Å²) >= 11 is 0. The molecule has 0 aromatic heterocycles. The number of hydrogen-bond donors (Lipinski definition) is 0. The first kappa shape index (κ1) is 14.6. The van der Waals surface area contributed by atoms with E-state index in [0.717, 1.165) is 6.42 Å². The number of ether oxygens (including phenoxy) is 2. The summed E-state index contributed by atoms with van der Waals surface area (Å²) in [4.78, 5) is 10.9. The maximum Gasteiger partial charge on any atom is 0.303 e. The van der Waals surface area contributed by atoms with Gasteiger partial charge in [-0.1, -0.05) is 26.8 Å². The third kappa shape index (κ3) is 2.58. The molecule has 0 N–H and O–H groups in total. The van der Waals surface area contributed by atoms with E-state index in [-0.39, 0.29) is 23.1 Å². The van der Waals surface area contributed by atoms with Gasteiger partial charge in [-0.3, -0.25) is 4.79 Å². The van der Waals surface area contributed by atoms with Gasteiger partial charge >= 0.3 is 5.97 Å². The van der Waals surface area contributed by atoms with Crippen molar-refractivity contribution >= 4 is 5.97 Å². The van der Waals surface area contributed by atoms with Crippen LogP contribution in [0.4, 0.5) is 0 Å². The Morgan fingerprint density at radius 1 is 1.42 bits per heavy atom. The lowest BCUT2D eigenvalue weighted by Crippen LogP contribution is -2.44. The Morgan fingerprint density at radius 2 is 2.05 bits per heavy atom. The van der Waals surface area contributed by atoms with E-state index in [1.54, 1.807) is 0 Å². The predicted octanol–water partition coefficient (Wildman–Crippen LogP) is 3.33. The molecule has 1 heterocycles. The summed E-state index contributed by atoms with van der Waals surface area (Å²) in [7, 11) is 0. The van der Waals surface area contributed by atoms with Gasteiger partial charge in [0, 0.05) is 12.8 Å². The topological polar surface area (TPSA) is 38.8 Å². The maximum atomic E-state index is 10.9. The van der Waals surface area contributed by atoms with Crippen LogP contribution in [0.2, 0.25) is 0 Å². The predicted molar refractivity (Wildman–Crippen MR) is 74.7 cm³/mol. The van der Waals surface area contributed by atoms with E-state index in [1.165, 1.54) is 6.92 Å². The molecular formula is C16H26O3. The van der Waals surface area contributed by atoms with Crippen LogP contribution in [0.15, 0.2) is 12.2 Å². The smallest absolute Gasteiger partial charge is 0.303 e. The molecule has 0 bridgehead atoms. The Bertz CT molecular complexity index is 399. The maximum absolute atomic E-state index is 10.9. The Hall–Kier alpha value is -0.830. The first-order valence-electron chi connectivity index (χ1n) is 7.21. The van der Waals surface area contributed by atoms with E-state index in [0.29, 0.717) is 17.9 Å². The monoisotopic (exact) mass is 266 g/mol. The number of carbonyl (C=O) groups is 1. The average molecular weight is 266 g/mol. The number of esters is 1. The zero-order valence-corrected chi connectivity index (χ0v) is 12.9. The van der Waals surface area contributed by atoms with E-state index in [4.69, 9.17) is 9.47 Å². The quantitative estimate of drug-likeness (QED) is 0.447. The summed E-state index contributed by atoms with van der Waals surface area (Å²) in [6, 6.07) is 0. The molecule has 0 aromatic rings. The molecule has 0 unspecified atom stereocenters. The van der Waals surface area contributed by atoms with Gasteiger partial charge in [-0.25, -0.2) is 0 Å². The molecule has 19 heavy (non-hydrogen) atoms. The van der Waals surface area contributed by atoms with Gasteiger partial charge in [-0.05, 0) is 37.7 Å². The minimum atomic E-state index is -0.236. The van der Waals surface area contributed by atoms with Crippen LogP contribution in [0, 0.1) is 17.3 Å². The minimum absolute atomic E-state index is 0.0253. The zero-order chi connectivity index (χ0) is 14.4. The van der Waals surface area contributed by atoms with Gasteiger partial charge in [0.1, 0.15) is 6.10 Å². The van der Waals surface area contributed by atoms with Crippen molar-refractivity contribution in [2.45, 2.75) is 65.8 Å². The molecule has 1 saturated carbocycles. The average Bonchev–Trinajstić information content (AvgIpc) is 2.87. The number of fused-ring (bicyclic) bond motifs is 1. The van der Waals surface area contributed by atoms with Gasteiger partial charge in [0.2, 0.25) is 0 Å². The van der Waals surface area contributed by atoms with Gasteiger partial charge in [-0.15, -0.1) is 0 Å². The largest absolute Gasteiger partial charge is 0.459 e. The Morgan fingerprint density at radius 3 is 2.63 bits per heavy atom. The summed E-state index contributed by atoms with van der Waals surface area (Å²) in [5.74, 6) is 0.763. The molecule has 1 aliphatic heterocycles. The summed E-state index contributed by atoms with van der Waals surface area (Å²) in [5, 5.41) is 0. The van der Waals surface area contributed by atoms with Gasteiger partial charge in [-0.2, -0.15) is 0 Å². The number of hydrogen-bond acceptors (Lipinski definition) is 3. The fourth-order valence-corrected chi connectivity index (χ4v) is 3.51. The fraction of sp³-hybridized carbons (Fsp3) is 0.812. The van der Waals surface area contributed by atoms with E-state index in [2.05, 4.69) is 33.8 Å². The minimum Gasteiger partial charge on any atom is -0.459 e. The highest BCUT2D eigenvalue weighted by atomic mass is 16.6. The molecular weight excluding hydrogens is 240 g/mol.